The lowest BCUT2D eigenvalue weighted by Crippen LogP contribution is -2.26. The highest BCUT2D eigenvalue weighted by molar-refractivity contribution is 6.04. The quantitative estimate of drug-likeness (QED) is 0.612. The molecule has 0 saturated carbocycles. The number of hydrogen-bond acceptors (Lipinski definition) is 5. The number of ether oxygens (including phenoxy) is 1. The fraction of sp³-hybridized carbons (Fsp3) is 0.150. The van der Waals surface area contributed by atoms with Crippen LogP contribution in [0.5, 0.6) is 0 Å². The first-order chi connectivity index (χ1) is 13.5. The predicted molar refractivity (Wildman–Crippen MR) is 101 cm³/mol. The Balaban J connectivity index is 1.57. The highest BCUT2D eigenvalue weighted by Crippen LogP contribution is 2.15. The van der Waals surface area contributed by atoms with Crippen LogP contribution in [-0.4, -0.2) is 29.0 Å². The fourth-order valence-electron chi connectivity index (χ4n) is 2.53. The van der Waals surface area contributed by atoms with E-state index in [1.165, 1.54) is 6.26 Å². The van der Waals surface area contributed by atoms with Crippen LogP contribution in [0.2, 0.25) is 0 Å². The number of hydrogen-bond donors (Lipinski definition) is 2. The number of anilines is 1. The summed E-state index contributed by atoms with van der Waals surface area (Å²) in [7, 11) is 1.70. The molecular formula is C20H19N3O5. The van der Waals surface area contributed by atoms with E-state index in [0.29, 0.717) is 17.1 Å². The fourth-order valence-corrected chi connectivity index (χ4v) is 2.53. The molecule has 0 bridgehead atoms. The van der Waals surface area contributed by atoms with E-state index in [2.05, 4.69) is 10.6 Å². The van der Waals surface area contributed by atoms with Gasteiger partial charge in [0.2, 0.25) is 0 Å². The van der Waals surface area contributed by atoms with Gasteiger partial charge in [0.25, 0.3) is 11.8 Å². The van der Waals surface area contributed by atoms with Crippen LogP contribution in [0.1, 0.15) is 26.6 Å². The SMILES string of the molecule is Cn1cccc1C(=O)OCC(=O)Nc1ccccc1C(=O)NCc1ccco1. The molecule has 0 radical (unpaired) electrons. The van der Waals surface area contributed by atoms with Crippen molar-refractivity contribution in [1.29, 1.82) is 0 Å². The van der Waals surface area contributed by atoms with Crippen LogP contribution in [-0.2, 0) is 23.1 Å². The molecule has 3 aromatic rings. The molecule has 2 amide bonds. The number of aryl methyl sites for hydroxylation is 1. The van der Waals surface area contributed by atoms with Crippen LogP contribution in [0, 0.1) is 0 Å². The van der Waals surface area contributed by atoms with Crippen molar-refractivity contribution in [1.82, 2.24) is 9.88 Å². The monoisotopic (exact) mass is 381 g/mol. The van der Waals surface area contributed by atoms with E-state index in [0.717, 1.165) is 0 Å². The van der Waals surface area contributed by atoms with E-state index in [9.17, 15) is 14.4 Å². The number of aromatic nitrogens is 1. The smallest absolute Gasteiger partial charge is 0.355 e. The second-order valence-electron chi connectivity index (χ2n) is 5.94. The molecule has 3 rings (SSSR count). The number of esters is 1. The molecule has 1 aromatic carbocycles. The van der Waals surface area contributed by atoms with Gasteiger partial charge in [-0.2, -0.15) is 0 Å². The Morgan fingerprint density at radius 2 is 1.89 bits per heavy atom. The summed E-state index contributed by atoms with van der Waals surface area (Å²) in [4.78, 5) is 36.5. The predicted octanol–water partition coefficient (Wildman–Crippen LogP) is 2.34. The molecule has 8 nitrogen and oxygen atoms in total. The molecule has 0 saturated heterocycles. The third-order valence-electron chi connectivity index (χ3n) is 3.94. The molecule has 0 fully saturated rings. The maximum atomic E-state index is 12.4. The van der Waals surface area contributed by atoms with Gasteiger partial charge in [-0.05, 0) is 36.4 Å². The minimum Gasteiger partial charge on any atom is -0.467 e. The van der Waals surface area contributed by atoms with Crippen molar-refractivity contribution in [3.63, 3.8) is 0 Å². The normalized spacial score (nSPS) is 10.3. The molecule has 0 atom stereocenters. The highest BCUT2D eigenvalue weighted by Gasteiger charge is 2.16. The van der Waals surface area contributed by atoms with E-state index in [1.807, 2.05) is 0 Å². The highest BCUT2D eigenvalue weighted by atomic mass is 16.5. The summed E-state index contributed by atoms with van der Waals surface area (Å²) in [5.74, 6) is -0.906. The first kappa shape index (κ1) is 19.0. The van der Waals surface area contributed by atoms with Crippen molar-refractivity contribution in [2.24, 2.45) is 7.05 Å². The Morgan fingerprint density at radius 1 is 1.07 bits per heavy atom. The molecule has 28 heavy (non-hydrogen) atoms. The van der Waals surface area contributed by atoms with Gasteiger partial charge in [0, 0.05) is 13.2 Å². The number of amides is 2. The lowest BCUT2D eigenvalue weighted by Gasteiger charge is -2.11. The Morgan fingerprint density at radius 3 is 2.61 bits per heavy atom. The number of para-hydroxylation sites is 1. The summed E-state index contributed by atoms with van der Waals surface area (Å²) in [5.41, 5.74) is 0.945. The van der Waals surface area contributed by atoms with E-state index >= 15 is 0 Å². The van der Waals surface area contributed by atoms with Gasteiger partial charge < -0.3 is 24.4 Å². The molecule has 8 heteroatoms. The molecule has 0 aliphatic heterocycles. The zero-order chi connectivity index (χ0) is 19.9. The van der Waals surface area contributed by atoms with Crippen molar-refractivity contribution < 1.29 is 23.5 Å². The Bertz CT molecular complexity index is 975. The summed E-state index contributed by atoms with van der Waals surface area (Å²) in [6, 6.07) is 13.3. The molecule has 144 valence electrons. The summed E-state index contributed by atoms with van der Waals surface area (Å²) in [5, 5.41) is 5.31. The topological polar surface area (TPSA) is 103 Å². The summed E-state index contributed by atoms with van der Waals surface area (Å²) in [6.45, 7) is -0.241. The van der Waals surface area contributed by atoms with Gasteiger partial charge in [-0.1, -0.05) is 12.1 Å². The standard InChI is InChI=1S/C20H19N3O5/c1-23-10-4-9-17(23)20(26)28-13-18(24)22-16-8-3-2-7-15(16)19(25)21-12-14-6-5-11-27-14/h2-11H,12-13H2,1H3,(H,21,25)(H,22,24). The Labute approximate surface area is 161 Å². The largest absolute Gasteiger partial charge is 0.467 e. The number of nitrogens with one attached hydrogen (secondary N) is 2. The van der Waals surface area contributed by atoms with Crippen molar-refractivity contribution >= 4 is 23.5 Å². The number of furan rings is 1. The van der Waals surface area contributed by atoms with Gasteiger partial charge in [0.05, 0.1) is 24.1 Å². The van der Waals surface area contributed by atoms with E-state index in [4.69, 9.17) is 9.15 Å². The van der Waals surface area contributed by atoms with Crippen LogP contribution in [0.25, 0.3) is 0 Å². The van der Waals surface area contributed by atoms with Crippen molar-refractivity contribution in [3.8, 4) is 0 Å². The van der Waals surface area contributed by atoms with Crippen LogP contribution >= 0.6 is 0 Å². The Hall–Kier alpha value is -3.81. The Kier molecular flexibility index (Phi) is 5.91. The molecule has 0 spiro atoms. The van der Waals surface area contributed by atoms with Crippen LogP contribution < -0.4 is 10.6 Å². The zero-order valence-electron chi connectivity index (χ0n) is 15.2. The zero-order valence-corrected chi connectivity index (χ0v) is 15.2. The average molecular weight is 381 g/mol. The maximum Gasteiger partial charge on any atom is 0.355 e. The van der Waals surface area contributed by atoms with Crippen molar-refractivity contribution in [2.75, 3.05) is 11.9 Å². The first-order valence-electron chi connectivity index (χ1n) is 8.52. The van der Waals surface area contributed by atoms with Crippen molar-refractivity contribution in [3.05, 3.63) is 78.0 Å². The second kappa shape index (κ2) is 8.72. The van der Waals surface area contributed by atoms with Crippen LogP contribution in [0.4, 0.5) is 5.69 Å². The number of carbonyl (C=O) groups is 3. The minimum atomic E-state index is -0.605. The third kappa shape index (κ3) is 4.67. The maximum absolute atomic E-state index is 12.4. The van der Waals surface area contributed by atoms with Gasteiger partial charge >= 0.3 is 5.97 Å². The molecule has 0 unspecified atom stereocenters. The number of rotatable bonds is 7. The summed E-state index contributed by atoms with van der Waals surface area (Å²) in [6.07, 6.45) is 3.22. The van der Waals surface area contributed by atoms with Gasteiger partial charge in [-0.25, -0.2) is 4.79 Å². The average Bonchev–Trinajstić information content (AvgIpc) is 3.36. The first-order valence-corrected chi connectivity index (χ1v) is 8.52. The third-order valence-corrected chi connectivity index (χ3v) is 3.94. The molecular weight excluding hydrogens is 362 g/mol. The van der Waals surface area contributed by atoms with Gasteiger partial charge in [-0.15, -0.1) is 0 Å². The summed E-state index contributed by atoms with van der Waals surface area (Å²) >= 11 is 0. The van der Waals surface area contributed by atoms with E-state index in [-0.39, 0.29) is 18.0 Å². The minimum absolute atomic E-state index is 0.225. The van der Waals surface area contributed by atoms with Crippen LogP contribution in [0.15, 0.2) is 65.4 Å². The molecule has 0 aliphatic rings. The van der Waals surface area contributed by atoms with Crippen molar-refractivity contribution in [2.45, 2.75) is 6.54 Å². The lowest BCUT2D eigenvalue weighted by molar-refractivity contribution is -0.119. The summed E-state index contributed by atoms with van der Waals surface area (Å²) < 4.78 is 11.8. The molecule has 2 N–H and O–H groups in total. The van der Waals surface area contributed by atoms with E-state index < -0.39 is 18.5 Å². The molecule has 0 aliphatic carbocycles. The van der Waals surface area contributed by atoms with Gasteiger partial charge in [0.1, 0.15) is 11.5 Å². The second-order valence-corrected chi connectivity index (χ2v) is 5.94. The molecule has 2 heterocycles. The van der Waals surface area contributed by atoms with Gasteiger partial charge in [-0.3, -0.25) is 9.59 Å². The molecule has 2 aromatic heterocycles. The van der Waals surface area contributed by atoms with Crippen LogP contribution in [0.3, 0.4) is 0 Å². The lowest BCUT2D eigenvalue weighted by atomic mass is 10.1. The van der Waals surface area contributed by atoms with E-state index in [1.54, 1.807) is 66.3 Å². The van der Waals surface area contributed by atoms with Gasteiger partial charge in [0.15, 0.2) is 6.61 Å². The number of carbonyl (C=O) groups excluding carboxylic acids is 3. The number of nitrogens with zero attached hydrogens (tertiary/aromatic N) is 1. The number of benzene rings is 1.